The molecule has 25 heavy (non-hydrogen) atoms. The van der Waals surface area contributed by atoms with E-state index in [-0.39, 0.29) is 6.01 Å². The summed E-state index contributed by atoms with van der Waals surface area (Å²) in [6.07, 6.45) is 5.20. The smallest absolute Gasteiger partial charge is 0.335 e. The molecule has 0 radical (unpaired) electrons. The van der Waals surface area contributed by atoms with Crippen molar-refractivity contribution in [2.45, 2.75) is 0 Å². The average molecular weight is 337 g/mol. The third-order valence-electron chi connectivity index (χ3n) is 3.85. The van der Waals surface area contributed by atoms with Crippen molar-refractivity contribution in [1.29, 1.82) is 0 Å². The summed E-state index contributed by atoms with van der Waals surface area (Å²) in [4.78, 5) is 12.3. The summed E-state index contributed by atoms with van der Waals surface area (Å²) in [5.41, 5.74) is 4.75. The molecule has 0 bridgehead atoms. The van der Waals surface area contributed by atoms with Crippen molar-refractivity contribution in [2.75, 3.05) is 14.2 Å². The Kier molecular flexibility index (Phi) is 3.46. The molecule has 0 unspecified atom stereocenters. The van der Waals surface area contributed by atoms with Crippen LogP contribution in [-0.2, 0) is 0 Å². The Bertz CT molecular complexity index is 1050. The summed E-state index contributed by atoms with van der Waals surface area (Å²) in [5.74, 6) is 1.03. The van der Waals surface area contributed by atoms with Crippen LogP contribution in [0.5, 0.6) is 11.9 Å². The van der Waals surface area contributed by atoms with Crippen LogP contribution in [0.4, 0.5) is 0 Å². The van der Waals surface area contributed by atoms with E-state index in [0.29, 0.717) is 11.7 Å². The van der Waals surface area contributed by atoms with Crippen LogP contribution < -0.4 is 9.47 Å². The monoisotopic (exact) mass is 337 g/mol. The number of methoxy groups -OCH3 is 2. The Labute approximate surface area is 142 Å². The number of ether oxygens (including phenoxy) is 2. The number of aromatic amines is 3. The van der Waals surface area contributed by atoms with Gasteiger partial charge in [-0.3, -0.25) is 10.2 Å². The van der Waals surface area contributed by atoms with Gasteiger partial charge in [0, 0.05) is 22.9 Å². The molecule has 0 amide bonds. The number of nitrogens with zero attached hydrogens (tertiary/aromatic N) is 4. The van der Waals surface area contributed by atoms with Crippen LogP contribution >= 0.6 is 0 Å². The highest BCUT2D eigenvalue weighted by atomic mass is 16.5. The topological polar surface area (TPSA) is 117 Å². The van der Waals surface area contributed by atoms with Crippen molar-refractivity contribution >= 4 is 17.1 Å². The predicted molar refractivity (Wildman–Crippen MR) is 92.2 cm³/mol. The van der Waals surface area contributed by atoms with E-state index in [0.717, 1.165) is 33.4 Å². The highest BCUT2D eigenvalue weighted by molar-refractivity contribution is 6.01. The molecule has 0 saturated heterocycles. The van der Waals surface area contributed by atoms with Crippen molar-refractivity contribution < 1.29 is 9.47 Å². The lowest BCUT2D eigenvalue weighted by molar-refractivity contribution is 0.382. The molecule has 4 heterocycles. The number of nitrogens with one attached hydrogen (secondary N) is 3. The Morgan fingerprint density at radius 1 is 1.20 bits per heavy atom. The summed E-state index contributed by atoms with van der Waals surface area (Å²) < 4.78 is 10.4. The molecule has 0 atom stereocenters. The van der Waals surface area contributed by atoms with Gasteiger partial charge in [0.1, 0.15) is 5.52 Å². The zero-order valence-corrected chi connectivity index (χ0v) is 13.6. The van der Waals surface area contributed by atoms with E-state index in [2.05, 4.69) is 41.9 Å². The first kappa shape index (κ1) is 14.9. The number of H-pyrrole nitrogens is 3. The van der Waals surface area contributed by atoms with Gasteiger partial charge in [-0.1, -0.05) is 12.7 Å². The Morgan fingerprint density at radius 3 is 2.72 bits per heavy atom. The van der Waals surface area contributed by atoms with Gasteiger partial charge in [0.15, 0.2) is 5.82 Å². The Balaban J connectivity index is 2.04. The maximum Gasteiger partial charge on any atom is 0.335 e. The van der Waals surface area contributed by atoms with Crippen molar-refractivity contribution in [2.24, 2.45) is 0 Å². The Morgan fingerprint density at radius 2 is 2.08 bits per heavy atom. The molecule has 0 spiro atoms. The molecule has 0 aliphatic heterocycles. The molecule has 0 saturated carbocycles. The summed E-state index contributed by atoms with van der Waals surface area (Å²) in [5, 5.41) is 13.7. The Hall–Kier alpha value is -3.62. The molecule has 9 nitrogen and oxygen atoms in total. The minimum Gasteiger partial charge on any atom is -0.481 e. The highest BCUT2D eigenvalue weighted by Gasteiger charge is 2.21. The average Bonchev–Trinajstić information content (AvgIpc) is 3.37. The van der Waals surface area contributed by atoms with Gasteiger partial charge in [-0.15, -0.1) is 5.10 Å². The number of hydrogen-bond acceptors (Lipinski definition) is 6. The SMILES string of the molecule is C=Cc1cc2[nH]c(-c3nc(OC)n[nH]3)c(-c3cn[nH]c3)c2nc1OC. The second-order valence-corrected chi connectivity index (χ2v) is 5.22. The van der Waals surface area contributed by atoms with Crippen molar-refractivity contribution in [3.63, 3.8) is 0 Å². The molecular formula is C16H15N7O2. The van der Waals surface area contributed by atoms with Crippen molar-refractivity contribution in [3.05, 3.63) is 30.6 Å². The normalized spacial score (nSPS) is 11.0. The summed E-state index contributed by atoms with van der Waals surface area (Å²) in [7, 11) is 3.09. The van der Waals surface area contributed by atoms with Crippen LogP contribution in [0, 0.1) is 0 Å². The zero-order valence-electron chi connectivity index (χ0n) is 13.6. The number of fused-ring (bicyclic) bond motifs is 1. The highest BCUT2D eigenvalue weighted by Crippen LogP contribution is 2.37. The second kappa shape index (κ2) is 5.78. The third-order valence-corrected chi connectivity index (χ3v) is 3.85. The molecule has 4 aromatic rings. The van der Waals surface area contributed by atoms with E-state index < -0.39 is 0 Å². The minimum absolute atomic E-state index is 0.254. The van der Waals surface area contributed by atoms with E-state index in [1.165, 1.54) is 7.11 Å². The van der Waals surface area contributed by atoms with E-state index >= 15 is 0 Å². The fourth-order valence-electron chi connectivity index (χ4n) is 2.72. The van der Waals surface area contributed by atoms with Crippen LogP contribution in [-0.4, -0.2) is 49.6 Å². The first-order valence-electron chi connectivity index (χ1n) is 7.44. The first-order valence-corrected chi connectivity index (χ1v) is 7.44. The third kappa shape index (κ3) is 2.33. The molecule has 0 fully saturated rings. The molecule has 3 N–H and O–H groups in total. The van der Waals surface area contributed by atoms with Gasteiger partial charge < -0.3 is 14.5 Å². The molecule has 4 rings (SSSR count). The van der Waals surface area contributed by atoms with Crippen LogP contribution in [0.1, 0.15) is 5.56 Å². The number of rotatable bonds is 5. The van der Waals surface area contributed by atoms with Gasteiger partial charge in [0.2, 0.25) is 5.88 Å². The van der Waals surface area contributed by atoms with Crippen molar-refractivity contribution in [3.8, 4) is 34.5 Å². The lowest BCUT2D eigenvalue weighted by atomic mass is 10.1. The molecule has 0 aliphatic rings. The van der Waals surface area contributed by atoms with Crippen molar-refractivity contribution in [1.82, 2.24) is 35.3 Å². The molecule has 0 aromatic carbocycles. The van der Waals surface area contributed by atoms with Crippen LogP contribution in [0.15, 0.2) is 25.0 Å². The standard InChI is InChI=1S/C16H15N7O2/c1-4-8-5-10-12(20-15(8)24-2)11(9-6-17-18-7-9)13(19-10)14-21-16(25-3)23-22-14/h4-7,19H,1H2,2-3H3,(H,17,18)(H,21,22,23). The molecular weight excluding hydrogens is 322 g/mol. The van der Waals surface area contributed by atoms with Gasteiger partial charge in [-0.25, -0.2) is 4.98 Å². The largest absolute Gasteiger partial charge is 0.481 e. The fourth-order valence-corrected chi connectivity index (χ4v) is 2.72. The van der Waals surface area contributed by atoms with E-state index in [4.69, 9.17) is 9.47 Å². The van der Waals surface area contributed by atoms with Gasteiger partial charge in [0.25, 0.3) is 0 Å². The van der Waals surface area contributed by atoms with E-state index in [9.17, 15) is 0 Å². The van der Waals surface area contributed by atoms with E-state index in [1.54, 1.807) is 25.6 Å². The predicted octanol–water partition coefficient (Wildman–Crippen LogP) is 2.40. The fraction of sp³-hybridized carbons (Fsp3) is 0.125. The van der Waals surface area contributed by atoms with Crippen LogP contribution in [0.3, 0.4) is 0 Å². The lowest BCUT2D eigenvalue weighted by Crippen LogP contribution is -1.91. The lowest BCUT2D eigenvalue weighted by Gasteiger charge is -2.04. The molecule has 126 valence electrons. The summed E-state index contributed by atoms with van der Waals surface area (Å²) in [6.45, 7) is 3.80. The van der Waals surface area contributed by atoms with Gasteiger partial charge >= 0.3 is 6.01 Å². The molecule has 4 aromatic heterocycles. The van der Waals surface area contributed by atoms with E-state index in [1.807, 2.05) is 6.07 Å². The molecule has 0 aliphatic carbocycles. The van der Waals surface area contributed by atoms with Crippen LogP contribution in [0.2, 0.25) is 0 Å². The minimum atomic E-state index is 0.254. The maximum atomic E-state index is 5.38. The van der Waals surface area contributed by atoms with Gasteiger partial charge in [0.05, 0.1) is 31.6 Å². The second-order valence-electron chi connectivity index (χ2n) is 5.22. The number of pyridine rings is 1. The zero-order chi connectivity index (χ0) is 17.4. The van der Waals surface area contributed by atoms with Crippen LogP contribution in [0.25, 0.3) is 39.8 Å². The summed E-state index contributed by atoms with van der Waals surface area (Å²) in [6, 6.07) is 2.18. The first-order chi connectivity index (χ1) is 12.2. The number of hydrogen-bond donors (Lipinski definition) is 3. The number of aromatic nitrogens is 7. The quantitative estimate of drug-likeness (QED) is 0.515. The van der Waals surface area contributed by atoms with Gasteiger partial charge in [-0.05, 0) is 6.07 Å². The van der Waals surface area contributed by atoms with Gasteiger partial charge in [-0.2, -0.15) is 10.1 Å². The maximum absolute atomic E-state index is 5.38. The molecule has 9 heteroatoms. The summed E-state index contributed by atoms with van der Waals surface area (Å²) >= 11 is 0.